The third-order valence-corrected chi connectivity index (χ3v) is 4.00. The molecule has 7 heteroatoms. The zero-order valence-corrected chi connectivity index (χ0v) is 10.1. The van der Waals surface area contributed by atoms with Crippen molar-refractivity contribution in [3.8, 4) is 0 Å². The molecule has 2 N–H and O–H groups in total. The van der Waals surface area contributed by atoms with Gasteiger partial charge in [0.15, 0.2) is 0 Å². The van der Waals surface area contributed by atoms with Crippen LogP contribution in [-0.4, -0.2) is 45.0 Å². The Bertz CT molecular complexity index is 447. The van der Waals surface area contributed by atoms with E-state index >= 15 is 0 Å². The molecule has 0 fully saturated rings. The Kier molecular flexibility index (Phi) is 4.22. The normalized spacial score (nSPS) is 11.9. The van der Waals surface area contributed by atoms with E-state index in [1.807, 2.05) is 0 Å². The van der Waals surface area contributed by atoms with Gasteiger partial charge in [0, 0.05) is 26.9 Å². The first-order chi connectivity index (χ1) is 7.50. The highest BCUT2D eigenvalue weighted by Crippen LogP contribution is 2.18. The molecule has 0 radical (unpaired) electrons. The topological polar surface area (TPSA) is 85.5 Å². The summed E-state index contributed by atoms with van der Waals surface area (Å²) in [5.41, 5.74) is 5.52. The minimum absolute atomic E-state index is 0.00627. The third kappa shape index (κ3) is 2.69. The Morgan fingerprint density at radius 1 is 1.56 bits per heavy atom. The summed E-state index contributed by atoms with van der Waals surface area (Å²) in [6, 6.07) is 2.97. The molecular weight excluding hydrogens is 230 g/mol. The first-order valence-corrected chi connectivity index (χ1v) is 6.10. The Morgan fingerprint density at radius 2 is 2.25 bits per heavy atom. The van der Waals surface area contributed by atoms with Crippen LogP contribution < -0.4 is 5.73 Å². The zero-order chi connectivity index (χ0) is 12.2. The predicted molar refractivity (Wildman–Crippen MR) is 60.3 cm³/mol. The van der Waals surface area contributed by atoms with Gasteiger partial charge in [0.2, 0.25) is 10.0 Å². The van der Waals surface area contributed by atoms with Crippen molar-refractivity contribution in [1.82, 2.24) is 9.29 Å². The first-order valence-electron chi connectivity index (χ1n) is 4.66. The molecule has 1 aromatic heterocycles. The SMILES string of the molecule is COCCN(C)S(=O)(=O)c1cccnc1N. The quantitative estimate of drug-likeness (QED) is 0.785. The fourth-order valence-electron chi connectivity index (χ4n) is 1.13. The number of likely N-dealkylation sites (N-methyl/N-ethyl adjacent to an activating group) is 1. The average Bonchev–Trinajstić information content (AvgIpc) is 2.26. The molecule has 1 aromatic rings. The lowest BCUT2D eigenvalue weighted by molar-refractivity contribution is 0.185. The van der Waals surface area contributed by atoms with Crippen LogP contribution in [0.2, 0.25) is 0 Å². The number of hydrogen-bond acceptors (Lipinski definition) is 5. The molecule has 16 heavy (non-hydrogen) atoms. The standard InChI is InChI=1S/C9H15N3O3S/c1-12(6-7-15-2)16(13,14)8-4-3-5-11-9(8)10/h3-5H,6-7H2,1-2H3,(H2,10,11). The van der Waals surface area contributed by atoms with Gasteiger partial charge >= 0.3 is 0 Å². The second-order valence-electron chi connectivity index (χ2n) is 3.21. The number of rotatable bonds is 5. The Labute approximate surface area is 95.1 Å². The van der Waals surface area contributed by atoms with E-state index in [4.69, 9.17) is 10.5 Å². The van der Waals surface area contributed by atoms with Gasteiger partial charge in [-0.3, -0.25) is 0 Å². The van der Waals surface area contributed by atoms with Gasteiger partial charge in [0.25, 0.3) is 0 Å². The van der Waals surface area contributed by atoms with E-state index in [2.05, 4.69) is 4.98 Å². The van der Waals surface area contributed by atoms with Crippen molar-refractivity contribution in [3.05, 3.63) is 18.3 Å². The summed E-state index contributed by atoms with van der Waals surface area (Å²) in [7, 11) is -0.590. The van der Waals surface area contributed by atoms with E-state index in [1.54, 1.807) is 0 Å². The Hall–Kier alpha value is -1.18. The van der Waals surface area contributed by atoms with Gasteiger partial charge in [-0.2, -0.15) is 4.31 Å². The molecule has 90 valence electrons. The number of anilines is 1. The number of pyridine rings is 1. The average molecular weight is 245 g/mol. The van der Waals surface area contributed by atoms with Crippen LogP contribution in [0.4, 0.5) is 5.82 Å². The molecule has 0 saturated heterocycles. The number of ether oxygens (including phenoxy) is 1. The van der Waals surface area contributed by atoms with Gasteiger partial charge in [-0.1, -0.05) is 0 Å². The Morgan fingerprint density at radius 3 is 2.81 bits per heavy atom. The lowest BCUT2D eigenvalue weighted by Crippen LogP contribution is -2.30. The van der Waals surface area contributed by atoms with Crippen LogP contribution in [0.25, 0.3) is 0 Å². The fraction of sp³-hybridized carbons (Fsp3) is 0.444. The highest BCUT2D eigenvalue weighted by molar-refractivity contribution is 7.89. The van der Waals surface area contributed by atoms with Crippen molar-refractivity contribution in [3.63, 3.8) is 0 Å². The van der Waals surface area contributed by atoms with Gasteiger partial charge in [-0.05, 0) is 12.1 Å². The third-order valence-electron chi connectivity index (χ3n) is 2.10. The molecular formula is C9H15N3O3S. The first kappa shape index (κ1) is 12.9. The highest BCUT2D eigenvalue weighted by atomic mass is 32.2. The molecule has 0 saturated carbocycles. The van der Waals surface area contributed by atoms with Crippen LogP contribution in [-0.2, 0) is 14.8 Å². The summed E-state index contributed by atoms with van der Waals surface area (Å²) in [4.78, 5) is 3.77. The van der Waals surface area contributed by atoms with E-state index in [0.29, 0.717) is 6.61 Å². The van der Waals surface area contributed by atoms with Crippen molar-refractivity contribution in [1.29, 1.82) is 0 Å². The van der Waals surface area contributed by atoms with Crippen LogP contribution in [0.5, 0.6) is 0 Å². The summed E-state index contributed by atoms with van der Waals surface area (Å²) in [6.45, 7) is 0.600. The van der Waals surface area contributed by atoms with Crippen molar-refractivity contribution >= 4 is 15.8 Å². The number of sulfonamides is 1. The molecule has 0 spiro atoms. The van der Waals surface area contributed by atoms with Crippen LogP contribution >= 0.6 is 0 Å². The van der Waals surface area contributed by atoms with Gasteiger partial charge in [0.1, 0.15) is 10.7 Å². The largest absolute Gasteiger partial charge is 0.383 e. The van der Waals surface area contributed by atoms with E-state index < -0.39 is 10.0 Å². The number of nitrogen functional groups attached to an aromatic ring is 1. The molecule has 0 bridgehead atoms. The molecule has 0 aliphatic carbocycles. The summed E-state index contributed by atoms with van der Waals surface area (Å²) < 4.78 is 30.0. The fourth-order valence-corrected chi connectivity index (χ4v) is 2.35. The van der Waals surface area contributed by atoms with Gasteiger partial charge < -0.3 is 10.5 Å². The lowest BCUT2D eigenvalue weighted by atomic mass is 10.5. The molecule has 1 rings (SSSR count). The van der Waals surface area contributed by atoms with Crippen molar-refractivity contribution in [2.45, 2.75) is 4.90 Å². The number of methoxy groups -OCH3 is 1. The zero-order valence-electron chi connectivity index (χ0n) is 9.25. The molecule has 0 unspecified atom stereocenters. The van der Waals surface area contributed by atoms with Gasteiger partial charge in [0.05, 0.1) is 6.61 Å². The monoisotopic (exact) mass is 245 g/mol. The molecule has 0 aliphatic rings. The van der Waals surface area contributed by atoms with Crippen molar-refractivity contribution < 1.29 is 13.2 Å². The van der Waals surface area contributed by atoms with Crippen LogP contribution in [0.3, 0.4) is 0 Å². The van der Waals surface area contributed by atoms with E-state index in [0.717, 1.165) is 0 Å². The molecule has 0 aromatic carbocycles. The van der Waals surface area contributed by atoms with Crippen LogP contribution in [0.1, 0.15) is 0 Å². The summed E-state index contributed by atoms with van der Waals surface area (Å²) in [6.07, 6.45) is 1.45. The van der Waals surface area contributed by atoms with Crippen LogP contribution in [0, 0.1) is 0 Å². The van der Waals surface area contributed by atoms with E-state index in [9.17, 15) is 8.42 Å². The molecule has 0 amide bonds. The highest BCUT2D eigenvalue weighted by Gasteiger charge is 2.23. The molecule has 0 atom stereocenters. The smallest absolute Gasteiger partial charge is 0.246 e. The maximum atomic E-state index is 12.0. The molecule has 6 nitrogen and oxygen atoms in total. The summed E-state index contributed by atoms with van der Waals surface area (Å²) in [5, 5.41) is 0. The number of nitrogens with zero attached hydrogens (tertiary/aromatic N) is 2. The van der Waals surface area contributed by atoms with Gasteiger partial charge in [-0.15, -0.1) is 0 Å². The number of nitrogens with two attached hydrogens (primary N) is 1. The number of hydrogen-bond donors (Lipinski definition) is 1. The van der Waals surface area contributed by atoms with Crippen LogP contribution in [0.15, 0.2) is 23.2 Å². The molecule has 0 aliphatic heterocycles. The minimum atomic E-state index is -3.58. The Balaban J connectivity index is 2.98. The second kappa shape index (κ2) is 5.24. The summed E-state index contributed by atoms with van der Waals surface area (Å²) in [5.74, 6) is 0.00627. The van der Waals surface area contributed by atoms with Gasteiger partial charge in [-0.25, -0.2) is 13.4 Å². The van der Waals surface area contributed by atoms with E-state index in [1.165, 1.54) is 36.8 Å². The summed E-state index contributed by atoms with van der Waals surface area (Å²) >= 11 is 0. The number of aromatic nitrogens is 1. The minimum Gasteiger partial charge on any atom is -0.383 e. The van der Waals surface area contributed by atoms with E-state index in [-0.39, 0.29) is 17.3 Å². The maximum Gasteiger partial charge on any atom is 0.246 e. The maximum absolute atomic E-state index is 12.0. The predicted octanol–water partition coefficient (Wildman–Crippen LogP) is -0.0693. The van der Waals surface area contributed by atoms with Crippen molar-refractivity contribution in [2.75, 3.05) is 33.0 Å². The molecule has 1 heterocycles. The second-order valence-corrected chi connectivity index (χ2v) is 5.22. The lowest BCUT2D eigenvalue weighted by Gasteiger charge is -2.17. The van der Waals surface area contributed by atoms with Crippen molar-refractivity contribution in [2.24, 2.45) is 0 Å².